The Morgan fingerprint density at radius 3 is 2.72 bits per heavy atom. The van der Waals surface area contributed by atoms with Crippen LogP contribution in [0.2, 0.25) is 0 Å². The maximum Gasteiger partial charge on any atom is 0.123 e. The number of likely N-dealkylation sites (tertiary alicyclic amines) is 1. The summed E-state index contributed by atoms with van der Waals surface area (Å²) in [5, 5.41) is 0. The molecule has 3 rings (SSSR count). The molecule has 1 aliphatic heterocycles. The highest BCUT2D eigenvalue weighted by atomic mass is 15.2. The van der Waals surface area contributed by atoms with Crippen molar-refractivity contribution in [3.05, 3.63) is 23.9 Å². The van der Waals surface area contributed by atoms with E-state index in [0.29, 0.717) is 11.2 Å². The van der Waals surface area contributed by atoms with E-state index in [1.54, 1.807) is 0 Å². The molecule has 3 nitrogen and oxygen atoms in total. The SMILES string of the molecule is Nc1ccc(CN2CCC3(CCCCC3)C2)cn1. The van der Waals surface area contributed by atoms with Crippen LogP contribution < -0.4 is 5.73 Å². The molecule has 18 heavy (non-hydrogen) atoms. The van der Waals surface area contributed by atoms with Gasteiger partial charge < -0.3 is 5.73 Å². The van der Waals surface area contributed by atoms with Gasteiger partial charge in [0.15, 0.2) is 0 Å². The van der Waals surface area contributed by atoms with Gasteiger partial charge in [-0.05, 0) is 42.9 Å². The van der Waals surface area contributed by atoms with Crippen LogP contribution in [0, 0.1) is 5.41 Å². The van der Waals surface area contributed by atoms with Crippen LogP contribution in [0.25, 0.3) is 0 Å². The van der Waals surface area contributed by atoms with Crippen LogP contribution in [0.3, 0.4) is 0 Å². The fourth-order valence-electron chi connectivity index (χ4n) is 3.66. The summed E-state index contributed by atoms with van der Waals surface area (Å²) in [4.78, 5) is 6.77. The van der Waals surface area contributed by atoms with Crippen LogP contribution in [0.4, 0.5) is 5.82 Å². The minimum atomic E-state index is 0.615. The van der Waals surface area contributed by atoms with Crippen molar-refractivity contribution in [1.82, 2.24) is 9.88 Å². The molecule has 1 saturated heterocycles. The van der Waals surface area contributed by atoms with Crippen molar-refractivity contribution in [2.24, 2.45) is 5.41 Å². The number of anilines is 1. The molecule has 0 unspecified atom stereocenters. The van der Waals surface area contributed by atoms with E-state index in [9.17, 15) is 0 Å². The van der Waals surface area contributed by atoms with Crippen LogP contribution in [0.5, 0.6) is 0 Å². The maximum atomic E-state index is 5.62. The lowest BCUT2D eigenvalue weighted by atomic mass is 9.73. The van der Waals surface area contributed by atoms with Gasteiger partial charge in [-0.3, -0.25) is 4.90 Å². The summed E-state index contributed by atoms with van der Waals surface area (Å²) < 4.78 is 0. The third-order valence-corrected chi connectivity index (χ3v) is 4.69. The number of aromatic nitrogens is 1. The van der Waals surface area contributed by atoms with Crippen LogP contribution >= 0.6 is 0 Å². The summed E-state index contributed by atoms with van der Waals surface area (Å²) in [6.07, 6.45) is 10.5. The van der Waals surface area contributed by atoms with E-state index in [1.807, 2.05) is 12.3 Å². The molecular weight excluding hydrogens is 222 g/mol. The number of hydrogen-bond donors (Lipinski definition) is 1. The lowest BCUT2D eigenvalue weighted by Gasteiger charge is -2.33. The highest BCUT2D eigenvalue weighted by Gasteiger charge is 2.38. The summed E-state index contributed by atoms with van der Waals surface area (Å²) in [6, 6.07) is 4.01. The average molecular weight is 245 g/mol. The Hall–Kier alpha value is -1.09. The molecule has 1 spiro atoms. The quantitative estimate of drug-likeness (QED) is 0.871. The average Bonchev–Trinajstić information content (AvgIpc) is 2.76. The van der Waals surface area contributed by atoms with Crippen molar-refractivity contribution in [3.8, 4) is 0 Å². The Labute approximate surface area is 109 Å². The third-order valence-electron chi connectivity index (χ3n) is 4.69. The molecule has 0 bridgehead atoms. The van der Waals surface area contributed by atoms with Crippen molar-refractivity contribution in [1.29, 1.82) is 0 Å². The highest BCUT2D eigenvalue weighted by Crippen LogP contribution is 2.43. The lowest BCUT2D eigenvalue weighted by Crippen LogP contribution is -2.29. The zero-order valence-corrected chi connectivity index (χ0v) is 11.1. The van der Waals surface area contributed by atoms with Crippen molar-refractivity contribution in [3.63, 3.8) is 0 Å². The van der Waals surface area contributed by atoms with Gasteiger partial charge in [0.25, 0.3) is 0 Å². The Bertz CT molecular complexity index is 393. The van der Waals surface area contributed by atoms with Crippen molar-refractivity contribution >= 4 is 5.82 Å². The van der Waals surface area contributed by atoms with E-state index in [1.165, 1.54) is 57.2 Å². The molecule has 2 N–H and O–H groups in total. The zero-order valence-electron chi connectivity index (χ0n) is 11.1. The molecule has 1 aromatic rings. The van der Waals surface area contributed by atoms with Gasteiger partial charge in [-0.25, -0.2) is 4.98 Å². The van der Waals surface area contributed by atoms with Crippen LogP contribution in [0.1, 0.15) is 44.1 Å². The monoisotopic (exact) mass is 245 g/mol. The van der Waals surface area contributed by atoms with Crippen molar-refractivity contribution in [2.75, 3.05) is 18.8 Å². The summed E-state index contributed by atoms with van der Waals surface area (Å²) in [7, 11) is 0. The minimum Gasteiger partial charge on any atom is -0.384 e. The molecule has 2 aliphatic rings. The third kappa shape index (κ3) is 2.51. The molecule has 1 aliphatic carbocycles. The Morgan fingerprint density at radius 2 is 2.00 bits per heavy atom. The van der Waals surface area contributed by atoms with Gasteiger partial charge >= 0.3 is 0 Å². The van der Waals surface area contributed by atoms with Gasteiger partial charge in [-0.2, -0.15) is 0 Å². The first-order valence-corrected chi connectivity index (χ1v) is 7.19. The van der Waals surface area contributed by atoms with Gasteiger partial charge in [0, 0.05) is 19.3 Å². The molecule has 0 atom stereocenters. The minimum absolute atomic E-state index is 0.615. The molecule has 0 amide bonds. The molecule has 0 aromatic carbocycles. The van der Waals surface area contributed by atoms with Gasteiger partial charge in [0.2, 0.25) is 0 Å². The Balaban J connectivity index is 1.60. The number of pyridine rings is 1. The molecule has 2 heterocycles. The molecule has 1 saturated carbocycles. The number of nitrogens with two attached hydrogens (primary N) is 1. The summed E-state index contributed by atoms with van der Waals surface area (Å²) in [5.74, 6) is 0.615. The highest BCUT2D eigenvalue weighted by molar-refractivity contribution is 5.29. The number of rotatable bonds is 2. The van der Waals surface area contributed by atoms with Gasteiger partial charge in [0.05, 0.1) is 0 Å². The predicted octanol–water partition coefficient (Wildman–Crippen LogP) is 2.82. The normalized spacial score (nSPS) is 23.6. The van der Waals surface area contributed by atoms with E-state index in [4.69, 9.17) is 5.73 Å². The van der Waals surface area contributed by atoms with Crippen LogP contribution in [0.15, 0.2) is 18.3 Å². The second kappa shape index (κ2) is 4.88. The number of hydrogen-bond acceptors (Lipinski definition) is 3. The summed E-state index contributed by atoms with van der Waals surface area (Å²) in [5.41, 5.74) is 7.56. The second-order valence-corrected chi connectivity index (χ2v) is 6.11. The van der Waals surface area contributed by atoms with E-state index in [2.05, 4.69) is 16.0 Å². The maximum absolute atomic E-state index is 5.62. The van der Waals surface area contributed by atoms with Crippen molar-refractivity contribution < 1.29 is 0 Å². The largest absolute Gasteiger partial charge is 0.384 e. The molecule has 2 fully saturated rings. The van der Waals surface area contributed by atoms with Crippen LogP contribution in [-0.2, 0) is 6.54 Å². The standard InChI is InChI=1S/C15H23N3/c16-14-5-4-13(10-17-14)11-18-9-8-15(12-18)6-2-1-3-7-15/h4-5,10H,1-3,6-9,11-12H2,(H2,16,17). The molecule has 3 heteroatoms. The summed E-state index contributed by atoms with van der Waals surface area (Å²) in [6.45, 7) is 3.58. The topological polar surface area (TPSA) is 42.1 Å². The first-order chi connectivity index (χ1) is 8.76. The zero-order chi connectivity index (χ0) is 12.4. The van der Waals surface area contributed by atoms with Crippen LogP contribution in [-0.4, -0.2) is 23.0 Å². The van der Waals surface area contributed by atoms with E-state index < -0.39 is 0 Å². The van der Waals surface area contributed by atoms with E-state index in [0.717, 1.165) is 6.54 Å². The summed E-state index contributed by atoms with van der Waals surface area (Å²) >= 11 is 0. The van der Waals surface area contributed by atoms with Gasteiger partial charge in [-0.1, -0.05) is 25.3 Å². The lowest BCUT2D eigenvalue weighted by molar-refractivity contribution is 0.183. The number of nitrogens with zero attached hydrogens (tertiary/aromatic N) is 2. The Kier molecular flexibility index (Phi) is 3.25. The smallest absolute Gasteiger partial charge is 0.123 e. The fraction of sp³-hybridized carbons (Fsp3) is 0.667. The molecule has 98 valence electrons. The van der Waals surface area contributed by atoms with Gasteiger partial charge in [-0.15, -0.1) is 0 Å². The molecular formula is C15H23N3. The fourth-order valence-corrected chi connectivity index (χ4v) is 3.66. The van der Waals surface area contributed by atoms with E-state index in [-0.39, 0.29) is 0 Å². The first kappa shape index (κ1) is 12.0. The predicted molar refractivity (Wildman–Crippen MR) is 74.1 cm³/mol. The molecule has 0 radical (unpaired) electrons. The van der Waals surface area contributed by atoms with Crippen molar-refractivity contribution in [2.45, 2.75) is 45.1 Å². The second-order valence-electron chi connectivity index (χ2n) is 6.11. The number of nitrogen functional groups attached to an aromatic ring is 1. The van der Waals surface area contributed by atoms with Gasteiger partial charge in [0.1, 0.15) is 5.82 Å². The first-order valence-electron chi connectivity index (χ1n) is 7.19. The Morgan fingerprint density at radius 1 is 1.17 bits per heavy atom. The molecule has 1 aromatic heterocycles. The van der Waals surface area contributed by atoms with E-state index >= 15 is 0 Å².